The Kier molecular flexibility index (Phi) is 5.65. The maximum atomic E-state index is 11.7. The number of ether oxygens (including phenoxy) is 3. The molecule has 0 saturated heterocycles. The Morgan fingerprint density at radius 3 is 2.00 bits per heavy atom. The molecule has 0 saturated carbocycles. The summed E-state index contributed by atoms with van der Waals surface area (Å²) in [7, 11) is 4.37. The smallest absolute Gasteiger partial charge is 0.325 e. The van der Waals surface area contributed by atoms with Gasteiger partial charge in [0, 0.05) is 12.1 Å². The third kappa shape index (κ3) is 4.16. The number of benzene rings is 1. The number of hydrogen-bond donors (Lipinski definition) is 3. The lowest BCUT2D eigenvalue weighted by molar-refractivity contribution is -0.138. The average Bonchev–Trinajstić information content (AvgIpc) is 2.45. The van der Waals surface area contributed by atoms with Gasteiger partial charge in [0.2, 0.25) is 5.75 Å². The van der Waals surface area contributed by atoms with E-state index in [1.54, 1.807) is 0 Å². The van der Waals surface area contributed by atoms with E-state index in [9.17, 15) is 9.59 Å². The number of methoxy groups -OCH3 is 3. The minimum absolute atomic E-state index is 0.374. The van der Waals surface area contributed by atoms with Crippen molar-refractivity contribution in [3.05, 3.63) is 12.1 Å². The first-order chi connectivity index (χ1) is 9.92. The van der Waals surface area contributed by atoms with Gasteiger partial charge in [-0.3, -0.25) is 4.79 Å². The van der Waals surface area contributed by atoms with Gasteiger partial charge in [-0.1, -0.05) is 0 Å². The second-order valence-corrected chi connectivity index (χ2v) is 4.07. The minimum atomic E-state index is -1.13. The van der Waals surface area contributed by atoms with Crippen LogP contribution in [0, 0.1) is 0 Å². The number of carboxylic acids is 1. The van der Waals surface area contributed by atoms with Gasteiger partial charge < -0.3 is 30.0 Å². The Labute approximate surface area is 122 Å². The van der Waals surface area contributed by atoms with Crippen LogP contribution in [0.3, 0.4) is 0 Å². The SMILES string of the molecule is COc1cc(NC(=O)NC(C)C(=O)O)cc(OC)c1OC. The van der Waals surface area contributed by atoms with Crippen molar-refractivity contribution in [1.82, 2.24) is 5.32 Å². The normalized spacial score (nSPS) is 11.2. The number of nitrogens with one attached hydrogen (secondary N) is 2. The first-order valence-corrected chi connectivity index (χ1v) is 6.03. The van der Waals surface area contributed by atoms with Crippen molar-refractivity contribution in [2.24, 2.45) is 0 Å². The van der Waals surface area contributed by atoms with Crippen molar-refractivity contribution in [3.8, 4) is 17.2 Å². The monoisotopic (exact) mass is 298 g/mol. The average molecular weight is 298 g/mol. The minimum Gasteiger partial charge on any atom is -0.493 e. The summed E-state index contributed by atoms with van der Waals surface area (Å²) in [6, 6.07) is 1.41. The van der Waals surface area contributed by atoms with Crippen LogP contribution in [-0.2, 0) is 4.79 Å². The number of carboxylic acid groups (broad SMARTS) is 1. The Balaban J connectivity index is 2.93. The van der Waals surface area contributed by atoms with E-state index in [1.165, 1.54) is 40.4 Å². The Morgan fingerprint density at radius 2 is 1.62 bits per heavy atom. The van der Waals surface area contributed by atoms with Crippen LogP contribution in [0.1, 0.15) is 6.92 Å². The molecule has 0 aliphatic carbocycles. The predicted molar refractivity (Wildman–Crippen MR) is 75.4 cm³/mol. The summed E-state index contributed by atoms with van der Waals surface area (Å²) in [6.07, 6.45) is 0. The number of aliphatic carboxylic acids is 1. The fraction of sp³-hybridized carbons (Fsp3) is 0.385. The van der Waals surface area contributed by atoms with Crippen LogP contribution in [-0.4, -0.2) is 44.5 Å². The molecule has 8 nitrogen and oxygen atoms in total. The number of amides is 2. The number of rotatable bonds is 6. The molecule has 0 aromatic heterocycles. The van der Waals surface area contributed by atoms with Crippen LogP contribution in [0.15, 0.2) is 12.1 Å². The molecule has 0 spiro atoms. The number of carbonyl (C=O) groups excluding carboxylic acids is 1. The summed E-state index contributed by atoms with van der Waals surface area (Å²) in [5.74, 6) is 0.0109. The molecule has 0 bridgehead atoms. The first kappa shape index (κ1) is 16.4. The highest BCUT2D eigenvalue weighted by atomic mass is 16.5. The van der Waals surface area contributed by atoms with E-state index in [0.717, 1.165) is 0 Å². The van der Waals surface area contributed by atoms with Crippen molar-refractivity contribution in [1.29, 1.82) is 0 Å². The van der Waals surface area contributed by atoms with Gasteiger partial charge in [0.05, 0.1) is 27.0 Å². The standard InChI is InChI=1S/C13H18N2O6/c1-7(12(16)17)14-13(18)15-8-5-9(19-2)11(21-4)10(6-8)20-3/h5-7H,1-4H3,(H,16,17)(H2,14,15,18). The van der Waals surface area contributed by atoms with Crippen LogP contribution < -0.4 is 24.8 Å². The van der Waals surface area contributed by atoms with Crippen molar-refractivity contribution >= 4 is 17.7 Å². The summed E-state index contributed by atoms with van der Waals surface area (Å²) in [6.45, 7) is 1.36. The van der Waals surface area contributed by atoms with Gasteiger partial charge >= 0.3 is 12.0 Å². The topological polar surface area (TPSA) is 106 Å². The van der Waals surface area contributed by atoms with Crippen LogP contribution >= 0.6 is 0 Å². The summed E-state index contributed by atoms with van der Waals surface area (Å²) in [4.78, 5) is 22.4. The van der Waals surface area contributed by atoms with Crippen LogP contribution in [0.25, 0.3) is 0 Å². The van der Waals surface area contributed by atoms with Crippen molar-refractivity contribution in [2.45, 2.75) is 13.0 Å². The van der Waals surface area contributed by atoms with Gasteiger partial charge in [-0.15, -0.1) is 0 Å². The van der Waals surface area contributed by atoms with E-state index >= 15 is 0 Å². The maximum absolute atomic E-state index is 11.7. The summed E-state index contributed by atoms with van der Waals surface area (Å²) >= 11 is 0. The Hall–Kier alpha value is -2.64. The van der Waals surface area contributed by atoms with Crippen molar-refractivity contribution in [2.75, 3.05) is 26.6 Å². The lowest BCUT2D eigenvalue weighted by Crippen LogP contribution is -2.40. The van der Waals surface area contributed by atoms with Gasteiger partial charge in [0.15, 0.2) is 11.5 Å². The number of urea groups is 1. The lowest BCUT2D eigenvalue weighted by atomic mass is 10.2. The Bertz CT molecular complexity index is 506. The highest BCUT2D eigenvalue weighted by molar-refractivity contribution is 5.92. The lowest BCUT2D eigenvalue weighted by Gasteiger charge is -2.15. The zero-order valence-corrected chi connectivity index (χ0v) is 12.2. The highest BCUT2D eigenvalue weighted by Gasteiger charge is 2.17. The summed E-state index contributed by atoms with van der Waals surface area (Å²) in [5.41, 5.74) is 0.375. The van der Waals surface area contributed by atoms with Gasteiger partial charge in [-0.05, 0) is 6.92 Å². The molecule has 21 heavy (non-hydrogen) atoms. The molecule has 116 valence electrons. The zero-order chi connectivity index (χ0) is 16.0. The second-order valence-electron chi connectivity index (χ2n) is 4.07. The third-order valence-corrected chi connectivity index (χ3v) is 2.64. The molecule has 1 aromatic rings. The molecule has 1 atom stereocenters. The third-order valence-electron chi connectivity index (χ3n) is 2.64. The molecular formula is C13H18N2O6. The van der Waals surface area contributed by atoms with Gasteiger partial charge in [0.1, 0.15) is 6.04 Å². The van der Waals surface area contributed by atoms with Crippen molar-refractivity contribution in [3.63, 3.8) is 0 Å². The molecular weight excluding hydrogens is 280 g/mol. The van der Waals surface area contributed by atoms with Crippen molar-refractivity contribution < 1.29 is 28.9 Å². The molecule has 1 rings (SSSR count). The largest absolute Gasteiger partial charge is 0.493 e. The Morgan fingerprint density at radius 1 is 1.10 bits per heavy atom. The van der Waals surface area contributed by atoms with E-state index in [-0.39, 0.29) is 0 Å². The fourth-order valence-corrected chi connectivity index (χ4v) is 1.58. The first-order valence-electron chi connectivity index (χ1n) is 6.03. The molecule has 3 N–H and O–H groups in total. The highest BCUT2D eigenvalue weighted by Crippen LogP contribution is 2.39. The van der Waals surface area contributed by atoms with Gasteiger partial charge in [-0.25, -0.2) is 4.79 Å². The number of anilines is 1. The maximum Gasteiger partial charge on any atom is 0.325 e. The fourth-order valence-electron chi connectivity index (χ4n) is 1.58. The van der Waals surface area contributed by atoms with E-state index < -0.39 is 18.0 Å². The molecule has 0 fully saturated rings. The molecule has 1 aromatic carbocycles. The van der Waals surface area contributed by atoms with E-state index in [1.807, 2.05) is 0 Å². The zero-order valence-electron chi connectivity index (χ0n) is 12.2. The molecule has 0 heterocycles. The molecule has 0 radical (unpaired) electrons. The van der Waals surface area contributed by atoms with Gasteiger partial charge in [-0.2, -0.15) is 0 Å². The molecule has 0 aliphatic rings. The van der Waals surface area contributed by atoms with E-state index in [2.05, 4.69) is 10.6 Å². The quantitative estimate of drug-likeness (QED) is 0.731. The van der Waals surface area contributed by atoms with E-state index in [4.69, 9.17) is 19.3 Å². The van der Waals surface area contributed by atoms with Gasteiger partial charge in [0.25, 0.3) is 0 Å². The number of hydrogen-bond acceptors (Lipinski definition) is 5. The number of carbonyl (C=O) groups is 2. The van der Waals surface area contributed by atoms with Crippen LogP contribution in [0.2, 0.25) is 0 Å². The van der Waals surface area contributed by atoms with Crippen LogP contribution in [0.4, 0.5) is 10.5 Å². The summed E-state index contributed by atoms with van der Waals surface area (Å²) < 4.78 is 15.5. The molecule has 2 amide bonds. The predicted octanol–water partition coefficient (Wildman–Crippen LogP) is 1.31. The molecule has 0 aliphatic heterocycles. The summed E-state index contributed by atoms with van der Waals surface area (Å²) in [5, 5.41) is 13.5. The second kappa shape index (κ2) is 7.22. The molecule has 8 heteroatoms. The van der Waals surface area contributed by atoms with Crippen LogP contribution in [0.5, 0.6) is 17.2 Å². The van der Waals surface area contributed by atoms with E-state index in [0.29, 0.717) is 22.9 Å². The molecule has 1 unspecified atom stereocenters.